The number of rotatable bonds is 2. The van der Waals surface area contributed by atoms with Gasteiger partial charge >= 0.3 is 0 Å². The van der Waals surface area contributed by atoms with Gasteiger partial charge in [-0.1, -0.05) is 18.2 Å². The molecule has 16 heavy (non-hydrogen) atoms. The average Bonchev–Trinajstić information content (AvgIpc) is 2.33. The van der Waals surface area contributed by atoms with Gasteiger partial charge < -0.3 is 10.1 Å². The van der Waals surface area contributed by atoms with Gasteiger partial charge in [-0.2, -0.15) is 0 Å². The largest absolute Gasteiger partial charge is 0.373 e. The molecule has 0 saturated carbocycles. The Kier molecular flexibility index (Phi) is 3.62. The van der Waals surface area contributed by atoms with Crippen LogP contribution < -0.4 is 5.32 Å². The zero-order valence-electron chi connectivity index (χ0n) is 10.4. The second-order valence-electron chi connectivity index (χ2n) is 4.71. The molecule has 2 nitrogen and oxygen atoms in total. The molecule has 0 radical (unpaired) electrons. The van der Waals surface area contributed by atoms with Crippen LogP contribution in [0.4, 0.5) is 0 Å². The molecule has 2 unspecified atom stereocenters. The molecule has 1 aliphatic rings. The van der Waals surface area contributed by atoms with Crippen LogP contribution in [-0.4, -0.2) is 19.7 Å². The second-order valence-corrected chi connectivity index (χ2v) is 4.71. The fraction of sp³-hybridized carbons (Fsp3) is 0.571. The molecule has 2 heteroatoms. The van der Waals surface area contributed by atoms with Crippen LogP contribution in [-0.2, 0) is 4.74 Å². The van der Waals surface area contributed by atoms with Crippen molar-refractivity contribution in [1.29, 1.82) is 0 Å². The van der Waals surface area contributed by atoms with Crippen molar-refractivity contribution in [2.24, 2.45) is 0 Å². The summed E-state index contributed by atoms with van der Waals surface area (Å²) in [7, 11) is 2.04. The van der Waals surface area contributed by atoms with Crippen LogP contribution in [0.5, 0.6) is 0 Å². The second kappa shape index (κ2) is 4.98. The van der Waals surface area contributed by atoms with Gasteiger partial charge in [0.1, 0.15) is 0 Å². The summed E-state index contributed by atoms with van der Waals surface area (Å²) in [5, 5.41) is 3.35. The van der Waals surface area contributed by atoms with Gasteiger partial charge in [-0.25, -0.2) is 0 Å². The standard InChI is InChI=1S/C14H21NO/c1-10-4-5-12(8-11(10)2)14-9-13(15-3)6-7-16-14/h4-5,8,13-15H,6-7,9H2,1-3H3. The summed E-state index contributed by atoms with van der Waals surface area (Å²) in [6.45, 7) is 5.18. The Hall–Kier alpha value is -0.860. The molecule has 88 valence electrons. The molecule has 2 rings (SSSR count). The number of ether oxygens (including phenoxy) is 1. The van der Waals surface area contributed by atoms with Gasteiger partial charge in [-0.15, -0.1) is 0 Å². The van der Waals surface area contributed by atoms with E-state index in [-0.39, 0.29) is 6.10 Å². The van der Waals surface area contributed by atoms with Crippen molar-refractivity contribution in [1.82, 2.24) is 5.32 Å². The lowest BCUT2D eigenvalue weighted by Gasteiger charge is -2.29. The molecule has 1 saturated heterocycles. The number of benzene rings is 1. The average molecular weight is 219 g/mol. The Bertz CT molecular complexity index is 362. The zero-order valence-corrected chi connectivity index (χ0v) is 10.4. The SMILES string of the molecule is CNC1CCOC(c2ccc(C)c(C)c2)C1. The van der Waals surface area contributed by atoms with E-state index in [9.17, 15) is 0 Å². The highest BCUT2D eigenvalue weighted by atomic mass is 16.5. The highest BCUT2D eigenvalue weighted by Crippen LogP contribution is 2.29. The van der Waals surface area contributed by atoms with E-state index in [1.807, 2.05) is 7.05 Å². The highest BCUT2D eigenvalue weighted by Gasteiger charge is 2.22. The molecule has 1 heterocycles. The lowest BCUT2D eigenvalue weighted by atomic mass is 9.95. The molecular weight excluding hydrogens is 198 g/mol. The number of hydrogen-bond donors (Lipinski definition) is 1. The van der Waals surface area contributed by atoms with E-state index >= 15 is 0 Å². The van der Waals surface area contributed by atoms with E-state index in [2.05, 4.69) is 37.4 Å². The van der Waals surface area contributed by atoms with E-state index in [4.69, 9.17) is 4.74 Å². The molecule has 0 aliphatic carbocycles. The Morgan fingerprint density at radius 1 is 1.25 bits per heavy atom. The lowest BCUT2D eigenvalue weighted by molar-refractivity contribution is 0.00151. The molecule has 1 aromatic rings. The van der Waals surface area contributed by atoms with Gasteiger partial charge in [-0.3, -0.25) is 0 Å². The van der Waals surface area contributed by atoms with Crippen molar-refractivity contribution >= 4 is 0 Å². The first-order chi connectivity index (χ1) is 7.70. The fourth-order valence-electron chi connectivity index (χ4n) is 2.26. The number of aryl methyl sites for hydroxylation is 2. The molecule has 1 N–H and O–H groups in total. The first kappa shape index (κ1) is 11.6. The molecule has 1 aromatic carbocycles. The summed E-state index contributed by atoms with van der Waals surface area (Å²) < 4.78 is 5.85. The minimum Gasteiger partial charge on any atom is -0.373 e. The predicted molar refractivity (Wildman–Crippen MR) is 66.7 cm³/mol. The maximum Gasteiger partial charge on any atom is 0.0839 e. The van der Waals surface area contributed by atoms with Gasteiger partial charge in [-0.05, 0) is 50.4 Å². The Labute approximate surface area is 98.0 Å². The summed E-state index contributed by atoms with van der Waals surface area (Å²) in [6, 6.07) is 7.25. The van der Waals surface area contributed by atoms with E-state index in [0.29, 0.717) is 6.04 Å². The van der Waals surface area contributed by atoms with E-state index in [1.54, 1.807) is 0 Å². The monoisotopic (exact) mass is 219 g/mol. The third-order valence-corrected chi connectivity index (χ3v) is 3.59. The lowest BCUT2D eigenvalue weighted by Crippen LogP contribution is -2.33. The molecule has 2 atom stereocenters. The van der Waals surface area contributed by atoms with Crippen molar-refractivity contribution < 1.29 is 4.74 Å². The maximum absolute atomic E-state index is 5.85. The van der Waals surface area contributed by atoms with Crippen molar-refractivity contribution in [3.8, 4) is 0 Å². The van der Waals surface area contributed by atoms with Crippen LogP contribution in [0.15, 0.2) is 18.2 Å². The quantitative estimate of drug-likeness (QED) is 0.826. The maximum atomic E-state index is 5.85. The van der Waals surface area contributed by atoms with Gasteiger partial charge in [0.25, 0.3) is 0 Å². The Balaban J connectivity index is 2.13. The van der Waals surface area contributed by atoms with Crippen molar-refractivity contribution in [2.75, 3.05) is 13.7 Å². The van der Waals surface area contributed by atoms with E-state index in [1.165, 1.54) is 16.7 Å². The topological polar surface area (TPSA) is 21.3 Å². The fourth-order valence-corrected chi connectivity index (χ4v) is 2.26. The minimum atomic E-state index is 0.269. The molecular formula is C14H21NO. The summed E-state index contributed by atoms with van der Waals surface area (Å²) in [5.74, 6) is 0. The molecule has 0 aromatic heterocycles. The van der Waals surface area contributed by atoms with Gasteiger partial charge in [0.05, 0.1) is 6.10 Å². The van der Waals surface area contributed by atoms with Crippen LogP contribution in [0.2, 0.25) is 0 Å². The minimum absolute atomic E-state index is 0.269. The summed E-state index contributed by atoms with van der Waals surface area (Å²) >= 11 is 0. The van der Waals surface area contributed by atoms with Crippen LogP contribution in [0.3, 0.4) is 0 Å². The number of nitrogens with one attached hydrogen (secondary N) is 1. The first-order valence-electron chi connectivity index (χ1n) is 6.06. The van der Waals surface area contributed by atoms with Crippen LogP contribution in [0.1, 0.15) is 35.6 Å². The van der Waals surface area contributed by atoms with Crippen molar-refractivity contribution in [3.63, 3.8) is 0 Å². The van der Waals surface area contributed by atoms with Gasteiger partial charge in [0.15, 0.2) is 0 Å². The molecule has 0 bridgehead atoms. The summed E-state index contributed by atoms with van der Waals surface area (Å²) in [6.07, 6.45) is 2.47. The first-order valence-corrected chi connectivity index (χ1v) is 6.06. The third kappa shape index (κ3) is 2.45. The normalized spacial score (nSPS) is 25.7. The van der Waals surface area contributed by atoms with Gasteiger partial charge in [0, 0.05) is 12.6 Å². The summed E-state index contributed by atoms with van der Waals surface area (Å²) in [4.78, 5) is 0. The van der Waals surface area contributed by atoms with E-state index < -0.39 is 0 Å². The summed E-state index contributed by atoms with van der Waals surface area (Å²) in [5.41, 5.74) is 4.03. The molecule has 0 amide bonds. The van der Waals surface area contributed by atoms with Crippen molar-refractivity contribution in [2.45, 2.75) is 38.8 Å². The third-order valence-electron chi connectivity index (χ3n) is 3.59. The van der Waals surface area contributed by atoms with E-state index in [0.717, 1.165) is 19.4 Å². The van der Waals surface area contributed by atoms with Crippen LogP contribution in [0.25, 0.3) is 0 Å². The van der Waals surface area contributed by atoms with Gasteiger partial charge in [0.2, 0.25) is 0 Å². The van der Waals surface area contributed by atoms with Crippen molar-refractivity contribution in [3.05, 3.63) is 34.9 Å². The Morgan fingerprint density at radius 3 is 2.75 bits per heavy atom. The zero-order chi connectivity index (χ0) is 11.5. The molecule has 1 aliphatic heterocycles. The van der Waals surface area contributed by atoms with Crippen LogP contribution in [0, 0.1) is 13.8 Å². The van der Waals surface area contributed by atoms with Crippen LogP contribution >= 0.6 is 0 Å². The number of hydrogen-bond acceptors (Lipinski definition) is 2. The predicted octanol–water partition coefficient (Wildman–Crippen LogP) is 2.74. The molecule has 0 spiro atoms. The Morgan fingerprint density at radius 2 is 2.06 bits per heavy atom. The highest BCUT2D eigenvalue weighted by molar-refractivity contribution is 5.31. The smallest absolute Gasteiger partial charge is 0.0839 e. The molecule has 1 fully saturated rings.